The van der Waals surface area contributed by atoms with Gasteiger partial charge in [-0.25, -0.2) is 4.98 Å². The van der Waals surface area contributed by atoms with Gasteiger partial charge in [-0.15, -0.1) is 13.2 Å². The van der Waals surface area contributed by atoms with Gasteiger partial charge in [0.2, 0.25) is 11.8 Å². The van der Waals surface area contributed by atoms with Crippen molar-refractivity contribution in [3.05, 3.63) is 43.2 Å². The van der Waals surface area contributed by atoms with Crippen LogP contribution in [-0.2, 0) is 11.3 Å². The molecule has 0 atom stereocenters. The summed E-state index contributed by atoms with van der Waals surface area (Å²) in [5, 5.41) is 2.61. The second-order valence-corrected chi connectivity index (χ2v) is 4.44. The Balaban J connectivity index is 2.69. The van der Waals surface area contributed by atoms with Gasteiger partial charge in [0.05, 0.1) is 6.54 Å². The summed E-state index contributed by atoms with van der Waals surface area (Å²) in [6.07, 6.45) is 5.74. The first-order chi connectivity index (χ1) is 10.1. The fourth-order valence-electron chi connectivity index (χ4n) is 1.69. The summed E-state index contributed by atoms with van der Waals surface area (Å²) >= 11 is 0. The Morgan fingerprint density at radius 2 is 2.19 bits per heavy atom. The number of hydrogen-bond donors (Lipinski definition) is 1. The molecule has 0 unspecified atom stereocenters. The van der Waals surface area contributed by atoms with E-state index in [1.54, 1.807) is 17.1 Å². The van der Waals surface area contributed by atoms with E-state index in [0.29, 0.717) is 25.4 Å². The van der Waals surface area contributed by atoms with Crippen molar-refractivity contribution in [1.82, 2.24) is 15.2 Å². The van der Waals surface area contributed by atoms with Crippen molar-refractivity contribution in [3.63, 3.8) is 0 Å². The van der Waals surface area contributed by atoms with Crippen molar-refractivity contribution in [3.8, 4) is 0 Å². The zero-order chi connectivity index (χ0) is 15.7. The Labute approximate surface area is 124 Å². The zero-order valence-corrected chi connectivity index (χ0v) is 12.3. The van der Waals surface area contributed by atoms with Crippen LogP contribution in [0.5, 0.6) is 0 Å². The van der Waals surface area contributed by atoms with E-state index in [-0.39, 0.29) is 24.1 Å². The highest BCUT2D eigenvalue weighted by molar-refractivity contribution is 5.91. The molecule has 1 aromatic rings. The molecule has 0 aliphatic carbocycles. The summed E-state index contributed by atoms with van der Waals surface area (Å²) in [7, 11) is 0. The first kappa shape index (κ1) is 16.7. The van der Waals surface area contributed by atoms with Crippen molar-refractivity contribution in [2.45, 2.75) is 26.3 Å². The third-order valence-corrected chi connectivity index (χ3v) is 2.68. The molecule has 0 bridgehead atoms. The standard InChI is InChI=1S/C15H21N3O3/c1-4-7-14(19)18(9-6-3)10-13-17-12(11-21-13)15(20)16-8-5-2/h5-6,11H,2-4,7-10H2,1H3,(H,16,20). The molecule has 0 aliphatic rings. The van der Waals surface area contributed by atoms with E-state index in [9.17, 15) is 9.59 Å². The van der Waals surface area contributed by atoms with Crippen molar-refractivity contribution >= 4 is 11.8 Å². The number of amides is 2. The van der Waals surface area contributed by atoms with Crippen LogP contribution in [0.2, 0.25) is 0 Å². The highest BCUT2D eigenvalue weighted by Crippen LogP contribution is 2.08. The molecule has 2 amide bonds. The maximum atomic E-state index is 11.9. The largest absolute Gasteiger partial charge is 0.446 e. The van der Waals surface area contributed by atoms with Crippen LogP contribution in [0, 0.1) is 0 Å². The number of carbonyl (C=O) groups excluding carboxylic acids is 2. The summed E-state index contributed by atoms with van der Waals surface area (Å²) in [5.74, 6) is -0.00151. The minimum absolute atomic E-state index is 0.00765. The lowest BCUT2D eigenvalue weighted by Gasteiger charge is -2.18. The second-order valence-electron chi connectivity index (χ2n) is 4.44. The third kappa shape index (κ3) is 5.25. The van der Waals surface area contributed by atoms with Gasteiger partial charge >= 0.3 is 0 Å². The lowest BCUT2D eigenvalue weighted by molar-refractivity contribution is -0.131. The molecule has 1 rings (SSSR count). The third-order valence-electron chi connectivity index (χ3n) is 2.68. The fraction of sp³-hybridized carbons (Fsp3) is 0.400. The van der Waals surface area contributed by atoms with Gasteiger partial charge in [-0.1, -0.05) is 19.1 Å². The minimum Gasteiger partial charge on any atom is -0.446 e. The predicted octanol–water partition coefficient (Wildman–Crippen LogP) is 1.91. The number of hydrogen-bond acceptors (Lipinski definition) is 4. The average Bonchev–Trinajstić information content (AvgIpc) is 2.93. The highest BCUT2D eigenvalue weighted by atomic mass is 16.3. The van der Waals surface area contributed by atoms with Crippen LogP contribution < -0.4 is 5.32 Å². The molecular formula is C15H21N3O3. The number of carbonyl (C=O) groups is 2. The monoisotopic (exact) mass is 291 g/mol. The molecule has 6 nitrogen and oxygen atoms in total. The topological polar surface area (TPSA) is 75.4 Å². The van der Waals surface area contributed by atoms with Crippen LogP contribution in [0.1, 0.15) is 36.1 Å². The van der Waals surface area contributed by atoms with E-state index in [0.717, 1.165) is 6.42 Å². The first-order valence-corrected chi connectivity index (χ1v) is 6.84. The van der Waals surface area contributed by atoms with E-state index in [2.05, 4.69) is 23.5 Å². The van der Waals surface area contributed by atoms with Gasteiger partial charge in [-0.2, -0.15) is 0 Å². The zero-order valence-electron chi connectivity index (χ0n) is 12.3. The Morgan fingerprint density at radius 3 is 2.81 bits per heavy atom. The molecule has 6 heteroatoms. The van der Waals surface area contributed by atoms with Crippen molar-refractivity contribution in [1.29, 1.82) is 0 Å². The number of nitrogens with zero attached hydrogens (tertiary/aromatic N) is 2. The maximum absolute atomic E-state index is 11.9. The number of aromatic nitrogens is 1. The molecule has 21 heavy (non-hydrogen) atoms. The van der Waals surface area contributed by atoms with Gasteiger partial charge in [0.25, 0.3) is 5.91 Å². The number of nitrogens with one attached hydrogen (secondary N) is 1. The maximum Gasteiger partial charge on any atom is 0.273 e. The molecular weight excluding hydrogens is 270 g/mol. The highest BCUT2D eigenvalue weighted by Gasteiger charge is 2.17. The molecule has 0 saturated carbocycles. The van der Waals surface area contributed by atoms with Crippen LogP contribution in [0.15, 0.2) is 36.0 Å². The summed E-state index contributed by atoms with van der Waals surface area (Å²) in [5.41, 5.74) is 0.188. The number of rotatable bonds is 9. The molecule has 0 aliphatic heterocycles. The van der Waals surface area contributed by atoms with Gasteiger partial charge in [-0.3, -0.25) is 9.59 Å². The Kier molecular flexibility index (Phi) is 6.94. The average molecular weight is 291 g/mol. The minimum atomic E-state index is -0.333. The molecule has 0 fully saturated rings. The molecule has 0 radical (unpaired) electrons. The smallest absolute Gasteiger partial charge is 0.273 e. The van der Waals surface area contributed by atoms with E-state index in [1.807, 2.05) is 6.92 Å². The van der Waals surface area contributed by atoms with Crippen LogP contribution in [0.4, 0.5) is 0 Å². The fourth-order valence-corrected chi connectivity index (χ4v) is 1.69. The van der Waals surface area contributed by atoms with Crippen LogP contribution in [0.25, 0.3) is 0 Å². The van der Waals surface area contributed by atoms with Gasteiger partial charge in [0, 0.05) is 19.5 Å². The summed E-state index contributed by atoms with van der Waals surface area (Å²) in [6.45, 7) is 10.1. The molecule has 1 heterocycles. The van der Waals surface area contributed by atoms with E-state index < -0.39 is 0 Å². The van der Waals surface area contributed by atoms with Crippen molar-refractivity contribution in [2.75, 3.05) is 13.1 Å². The van der Waals surface area contributed by atoms with Crippen LogP contribution in [-0.4, -0.2) is 34.8 Å². The Morgan fingerprint density at radius 1 is 1.43 bits per heavy atom. The molecule has 0 spiro atoms. The summed E-state index contributed by atoms with van der Waals surface area (Å²) < 4.78 is 5.24. The van der Waals surface area contributed by atoms with Crippen molar-refractivity contribution in [2.24, 2.45) is 0 Å². The van der Waals surface area contributed by atoms with E-state index in [1.165, 1.54) is 6.26 Å². The van der Waals surface area contributed by atoms with Crippen LogP contribution >= 0.6 is 0 Å². The molecule has 0 saturated heterocycles. The van der Waals surface area contributed by atoms with Gasteiger partial charge < -0.3 is 14.6 Å². The van der Waals surface area contributed by atoms with Crippen LogP contribution in [0.3, 0.4) is 0 Å². The molecule has 0 aromatic carbocycles. The molecule has 1 N–H and O–H groups in total. The Bertz CT molecular complexity index is 508. The van der Waals surface area contributed by atoms with Crippen molar-refractivity contribution < 1.29 is 14.0 Å². The van der Waals surface area contributed by atoms with E-state index in [4.69, 9.17) is 4.42 Å². The predicted molar refractivity (Wildman–Crippen MR) is 79.6 cm³/mol. The van der Waals surface area contributed by atoms with Gasteiger partial charge in [0.1, 0.15) is 6.26 Å². The number of oxazole rings is 1. The van der Waals surface area contributed by atoms with Gasteiger partial charge in [0.15, 0.2) is 5.69 Å². The van der Waals surface area contributed by atoms with Gasteiger partial charge in [-0.05, 0) is 6.42 Å². The molecule has 114 valence electrons. The summed E-state index contributed by atoms with van der Waals surface area (Å²) in [6, 6.07) is 0. The Hall–Kier alpha value is -2.37. The summed E-state index contributed by atoms with van der Waals surface area (Å²) in [4.78, 5) is 29.3. The SMILES string of the molecule is C=CCNC(=O)c1coc(CN(CC=C)C(=O)CCC)n1. The second kappa shape index (κ2) is 8.73. The lowest BCUT2D eigenvalue weighted by Crippen LogP contribution is -2.30. The van der Waals surface area contributed by atoms with E-state index >= 15 is 0 Å². The molecule has 1 aromatic heterocycles. The quantitative estimate of drug-likeness (QED) is 0.705. The normalized spacial score (nSPS) is 9.95. The first-order valence-electron chi connectivity index (χ1n) is 6.84. The lowest BCUT2D eigenvalue weighted by atomic mass is 10.3.